The number of nitrogens with zero attached hydrogens (tertiary/aromatic N) is 5. The Hall–Kier alpha value is -2.74. The lowest BCUT2D eigenvalue weighted by Crippen LogP contribution is -2.40. The molecule has 33 heavy (non-hydrogen) atoms. The summed E-state index contributed by atoms with van der Waals surface area (Å²) >= 11 is 18.2. The van der Waals surface area contributed by atoms with Crippen molar-refractivity contribution in [2.24, 2.45) is 13.0 Å². The Morgan fingerprint density at radius 1 is 1.00 bits per heavy atom. The lowest BCUT2D eigenvalue weighted by molar-refractivity contribution is 0.458. The van der Waals surface area contributed by atoms with Gasteiger partial charge in [-0.25, -0.2) is 4.79 Å². The summed E-state index contributed by atoms with van der Waals surface area (Å²) in [6.45, 7) is 3.55. The van der Waals surface area contributed by atoms with Gasteiger partial charge in [-0.1, -0.05) is 47.8 Å². The highest BCUT2D eigenvalue weighted by molar-refractivity contribution is 6.42. The quantitative estimate of drug-likeness (QED) is 0.406. The maximum absolute atomic E-state index is 13.6. The van der Waals surface area contributed by atoms with Crippen molar-refractivity contribution in [2.75, 3.05) is 11.4 Å². The van der Waals surface area contributed by atoms with Crippen molar-refractivity contribution in [1.29, 1.82) is 0 Å². The molecule has 0 fully saturated rings. The molecule has 0 bridgehead atoms. The van der Waals surface area contributed by atoms with Gasteiger partial charge in [0.15, 0.2) is 11.2 Å². The molecular formula is C23H20Cl3N5O2. The molecule has 0 saturated carbocycles. The van der Waals surface area contributed by atoms with E-state index in [1.807, 2.05) is 28.8 Å². The van der Waals surface area contributed by atoms with Crippen LogP contribution >= 0.6 is 34.8 Å². The second-order valence-corrected chi connectivity index (χ2v) is 9.62. The average Bonchev–Trinajstić information content (AvgIpc) is 3.17. The molecule has 0 aliphatic carbocycles. The van der Waals surface area contributed by atoms with E-state index in [1.54, 1.807) is 25.2 Å². The lowest BCUT2D eigenvalue weighted by Gasteiger charge is -2.33. The Bertz CT molecular complexity index is 1500. The van der Waals surface area contributed by atoms with E-state index in [0.29, 0.717) is 44.3 Å². The van der Waals surface area contributed by atoms with Crippen molar-refractivity contribution >= 4 is 57.6 Å². The van der Waals surface area contributed by atoms with E-state index in [0.717, 1.165) is 12.2 Å². The zero-order chi connectivity index (χ0) is 23.4. The summed E-state index contributed by atoms with van der Waals surface area (Å²) < 4.78 is 4.54. The Balaban J connectivity index is 1.70. The van der Waals surface area contributed by atoms with Crippen LogP contribution in [0.5, 0.6) is 0 Å². The first-order valence-corrected chi connectivity index (χ1v) is 11.5. The number of imidazole rings is 1. The number of halogens is 3. The highest BCUT2D eigenvalue weighted by Gasteiger charge is 2.29. The first-order valence-electron chi connectivity index (χ1n) is 10.4. The molecule has 4 aromatic rings. The second kappa shape index (κ2) is 8.24. The van der Waals surface area contributed by atoms with Crippen LogP contribution in [0, 0.1) is 5.92 Å². The van der Waals surface area contributed by atoms with E-state index in [4.69, 9.17) is 39.8 Å². The molecule has 5 rings (SSSR count). The summed E-state index contributed by atoms with van der Waals surface area (Å²) in [5.74, 6) is 0.885. The van der Waals surface area contributed by atoms with Gasteiger partial charge in [-0.15, -0.1) is 0 Å². The van der Waals surface area contributed by atoms with Gasteiger partial charge < -0.3 is 9.47 Å². The molecule has 3 heterocycles. The van der Waals surface area contributed by atoms with Crippen LogP contribution in [0.15, 0.2) is 52.1 Å². The summed E-state index contributed by atoms with van der Waals surface area (Å²) in [5, 5.41) is 1.43. The Kier molecular flexibility index (Phi) is 5.51. The first kappa shape index (κ1) is 22.1. The predicted octanol–water partition coefficient (Wildman–Crippen LogP) is 4.69. The zero-order valence-electron chi connectivity index (χ0n) is 17.9. The standard InChI is InChI=1S/C23H20Cl3N5O2/c1-13-10-29(16-6-4-15(24)5-7-16)22-27-20-19(30(22)11-13)21(32)31(23(33)28(20)2)12-14-3-8-17(25)18(26)9-14/h3-9,13H,10-12H2,1-2H3/t13-/m1/s1. The minimum absolute atomic E-state index is 0.0787. The van der Waals surface area contributed by atoms with Gasteiger partial charge in [-0.05, 0) is 47.9 Å². The third-order valence-corrected chi connectivity index (χ3v) is 6.90. The molecule has 1 atom stereocenters. The van der Waals surface area contributed by atoms with Gasteiger partial charge in [0.05, 0.1) is 16.6 Å². The normalized spacial score (nSPS) is 15.8. The molecule has 0 saturated heterocycles. The van der Waals surface area contributed by atoms with Crippen LogP contribution in [-0.4, -0.2) is 25.2 Å². The summed E-state index contributed by atoms with van der Waals surface area (Å²) in [4.78, 5) is 33.5. The van der Waals surface area contributed by atoms with Crippen molar-refractivity contribution in [3.8, 4) is 0 Å². The number of fused-ring (bicyclic) bond motifs is 3. The molecule has 1 aliphatic rings. The number of aromatic nitrogens is 4. The van der Waals surface area contributed by atoms with Crippen LogP contribution in [0.3, 0.4) is 0 Å². The van der Waals surface area contributed by atoms with Gasteiger partial charge in [-0.3, -0.25) is 13.9 Å². The molecule has 7 nitrogen and oxygen atoms in total. The van der Waals surface area contributed by atoms with E-state index < -0.39 is 5.69 Å². The summed E-state index contributed by atoms with van der Waals surface area (Å²) in [6, 6.07) is 12.6. The van der Waals surface area contributed by atoms with E-state index in [-0.39, 0.29) is 18.0 Å². The maximum atomic E-state index is 13.6. The number of hydrogen-bond donors (Lipinski definition) is 0. The zero-order valence-corrected chi connectivity index (χ0v) is 20.2. The third kappa shape index (κ3) is 3.74. The molecule has 0 amide bonds. The molecule has 2 aromatic carbocycles. The fraction of sp³-hybridized carbons (Fsp3) is 0.261. The molecule has 0 radical (unpaired) electrons. The number of anilines is 2. The molecule has 0 spiro atoms. The van der Waals surface area contributed by atoms with Gasteiger partial charge in [0.2, 0.25) is 5.95 Å². The highest BCUT2D eigenvalue weighted by Crippen LogP contribution is 2.33. The van der Waals surface area contributed by atoms with Crippen molar-refractivity contribution in [1.82, 2.24) is 18.7 Å². The fourth-order valence-corrected chi connectivity index (χ4v) is 4.75. The maximum Gasteiger partial charge on any atom is 0.332 e. The summed E-state index contributed by atoms with van der Waals surface area (Å²) in [5.41, 5.74) is 1.56. The van der Waals surface area contributed by atoms with Gasteiger partial charge in [-0.2, -0.15) is 4.98 Å². The Morgan fingerprint density at radius 2 is 1.73 bits per heavy atom. The van der Waals surface area contributed by atoms with E-state index in [1.165, 1.54) is 9.13 Å². The van der Waals surface area contributed by atoms with E-state index in [9.17, 15) is 9.59 Å². The monoisotopic (exact) mass is 503 g/mol. The predicted molar refractivity (Wildman–Crippen MR) is 132 cm³/mol. The Labute approximate surface area is 204 Å². The van der Waals surface area contributed by atoms with Crippen LogP contribution in [0.2, 0.25) is 15.1 Å². The van der Waals surface area contributed by atoms with E-state index in [2.05, 4.69) is 11.8 Å². The fourth-order valence-electron chi connectivity index (χ4n) is 4.30. The van der Waals surface area contributed by atoms with Crippen molar-refractivity contribution < 1.29 is 0 Å². The van der Waals surface area contributed by atoms with Gasteiger partial charge in [0.25, 0.3) is 5.56 Å². The van der Waals surface area contributed by atoms with E-state index >= 15 is 0 Å². The molecule has 10 heteroatoms. The van der Waals surface area contributed by atoms with Crippen LogP contribution in [0.1, 0.15) is 12.5 Å². The van der Waals surface area contributed by atoms with Gasteiger partial charge >= 0.3 is 5.69 Å². The van der Waals surface area contributed by atoms with Gasteiger partial charge in [0, 0.05) is 30.8 Å². The topological polar surface area (TPSA) is 65.1 Å². The van der Waals surface area contributed by atoms with Crippen LogP contribution < -0.4 is 16.1 Å². The summed E-state index contributed by atoms with van der Waals surface area (Å²) in [6.07, 6.45) is 0. The Morgan fingerprint density at radius 3 is 2.42 bits per heavy atom. The van der Waals surface area contributed by atoms with Crippen LogP contribution in [0.25, 0.3) is 11.2 Å². The molecule has 0 N–H and O–H groups in total. The number of aryl methyl sites for hydroxylation is 1. The largest absolute Gasteiger partial charge is 0.332 e. The molecule has 170 valence electrons. The van der Waals surface area contributed by atoms with Gasteiger partial charge in [0.1, 0.15) is 0 Å². The first-order chi connectivity index (χ1) is 15.7. The lowest BCUT2D eigenvalue weighted by atomic mass is 10.1. The molecule has 1 aliphatic heterocycles. The SMILES string of the molecule is C[C@@H]1CN(c2ccc(Cl)cc2)c2nc3c(c(=O)n(Cc4ccc(Cl)c(Cl)c4)c(=O)n3C)n2C1. The smallest absolute Gasteiger partial charge is 0.312 e. The van der Waals surface area contributed by atoms with Crippen molar-refractivity contribution in [3.63, 3.8) is 0 Å². The minimum atomic E-state index is -0.444. The summed E-state index contributed by atoms with van der Waals surface area (Å²) in [7, 11) is 1.63. The number of hydrogen-bond acceptors (Lipinski definition) is 4. The van der Waals surface area contributed by atoms with Crippen LogP contribution in [-0.2, 0) is 20.1 Å². The highest BCUT2D eigenvalue weighted by atomic mass is 35.5. The third-order valence-electron chi connectivity index (χ3n) is 5.91. The average molecular weight is 505 g/mol. The van der Waals surface area contributed by atoms with Crippen molar-refractivity contribution in [3.05, 3.63) is 83.9 Å². The van der Waals surface area contributed by atoms with Crippen LogP contribution in [0.4, 0.5) is 11.6 Å². The minimum Gasteiger partial charge on any atom is -0.312 e. The molecule has 0 unspecified atom stereocenters. The second-order valence-electron chi connectivity index (χ2n) is 8.37. The van der Waals surface area contributed by atoms with Crippen molar-refractivity contribution in [2.45, 2.75) is 20.0 Å². The molecule has 2 aromatic heterocycles. The molecular weight excluding hydrogens is 485 g/mol. The number of benzene rings is 2. The number of rotatable bonds is 3.